The summed E-state index contributed by atoms with van der Waals surface area (Å²) in [6.07, 6.45) is 2.36. The molecule has 0 aliphatic carbocycles. The lowest BCUT2D eigenvalue weighted by Crippen LogP contribution is -2.40. The zero-order valence-electron chi connectivity index (χ0n) is 9.91. The van der Waals surface area contributed by atoms with E-state index >= 15 is 0 Å². The van der Waals surface area contributed by atoms with Gasteiger partial charge >= 0.3 is 0 Å². The van der Waals surface area contributed by atoms with Gasteiger partial charge in [0, 0.05) is 12.6 Å². The maximum absolute atomic E-state index is 13.0. The predicted molar refractivity (Wildman–Crippen MR) is 66.0 cm³/mol. The van der Waals surface area contributed by atoms with Crippen LogP contribution in [0.2, 0.25) is 0 Å². The highest BCUT2D eigenvalue weighted by atomic mass is 19.1. The van der Waals surface area contributed by atoms with E-state index in [2.05, 4.69) is 18.7 Å². The predicted octanol–water partition coefficient (Wildman–Crippen LogP) is 3.03. The minimum Gasteiger partial charge on any atom is -0.397 e. The van der Waals surface area contributed by atoms with Crippen LogP contribution >= 0.6 is 0 Å². The lowest BCUT2D eigenvalue weighted by atomic mass is 9.93. The molecule has 1 aliphatic rings. The molecule has 0 saturated carbocycles. The van der Waals surface area contributed by atoms with Crippen molar-refractivity contribution in [1.82, 2.24) is 0 Å². The number of halogens is 1. The highest BCUT2D eigenvalue weighted by Crippen LogP contribution is 2.31. The second-order valence-corrected chi connectivity index (χ2v) is 4.88. The Morgan fingerprint density at radius 2 is 2.12 bits per heavy atom. The molecule has 2 nitrogen and oxygen atoms in total. The molecule has 1 heterocycles. The van der Waals surface area contributed by atoms with Gasteiger partial charge in [0.1, 0.15) is 5.82 Å². The van der Waals surface area contributed by atoms with Crippen LogP contribution in [-0.2, 0) is 0 Å². The van der Waals surface area contributed by atoms with Crippen molar-refractivity contribution < 1.29 is 4.39 Å². The number of nitrogens with two attached hydrogens (primary N) is 1. The molecule has 0 bridgehead atoms. The summed E-state index contributed by atoms with van der Waals surface area (Å²) in [4.78, 5) is 2.29. The minimum atomic E-state index is -0.265. The summed E-state index contributed by atoms with van der Waals surface area (Å²) in [5.74, 6) is 0.507. The first-order valence-corrected chi connectivity index (χ1v) is 5.89. The first kappa shape index (κ1) is 11.2. The average Bonchev–Trinajstić information content (AvgIpc) is 2.19. The van der Waals surface area contributed by atoms with Gasteiger partial charge in [0.05, 0.1) is 11.4 Å². The smallest absolute Gasteiger partial charge is 0.125 e. The summed E-state index contributed by atoms with van der Waals surface area (Å²) >= 11 is 0. The molecule has 16 heavy (non-hydrogen) atoms. The molecule has 1 aromatic carbocycles. The molecule has 2 N–H and O–H groups in total. The molecule has 0 radical (unpaired) electrons. The third-order valence-corrected chi connectivity index (χ3v) is 3.44. The first-order chi connectivity index (χ1) is 7.58. The van der Waals surface area contributed by atoms with Crippen molar-refractivity contribution in [1.29, 1.82) is 0 Å². The number of benzene rings is 1. The number of anilines is 2. The van der Waals surface area contributed by atoms with E-state index < -0.39 is 0 Å². The molecule has 88 valence electrons. The monoisotopic (exact) mass is 222 g/mol. The summed E-state index contributed by atoms with van der Waals surface area (Å²) in [7, 11) is 0. The van der Waals surface area contributed by atoms with E-state index in [9.17, 15) is 4.39 Å². The molecule has 1 fully saturated rings. The molecule has 0 aromatic heterocycles. The number of hydrogen-bond acceptors (Lipinski definition) is 2. The fourth-order valence-electron chi connectivity index (χ4n) is 2.55. The van der Waals surface area contributed by atoms with Crippen LogP contribution in [0, 0.1) is 11.7 Å². The van der Waals surface area contributed by atoms with Gasteiger partial charge in [-0.2, -0.15) is 0 Å². The van der Waals surface area contributed by atoms with Gasteiger partial charge in [0.15, 0.2) is 0 Å². The van der Waals surface area contributed by atoms with Gasteiger partial charge < -0.3 is 10.6 Å². The zero-order chi connectivity index (χ0) is 11.7. The Morgan fingerprint density at radius 3 is 2.75 bits per heavy atom. The van der Waals surface area contributed by atoms with Crippen LogP contribution in [0.4, 0.5) is 15.8 Å². The second-order valence-electron chi connectivity index (χ2n) is 4.88. The highest BCUT2D eigenvalue weighted by molar-refractivity contribution is 5.68. The molecule has 0 spiro atoms. The maximum atomic E-state index is 13.0. The lowest BCUT2D eigenvalue weighted by Gasteiger charge is -2.38. The molecule has 2 rings (SSSR count). The summed E-state index contributed by atoms with van der Waals surface area (Å²) in [5, 5.41) is 0. The lowest BCUT2D eigenvalue weighted by molar-refractivity contribution is 0.378. The normalized spacial score (nSPS) is 25.8. The van der Waals surface area contributed by atoms with Crippen LogP contribution in [0.3, 0.4) is 0 Å². The van der Waals surface area contributed by atoms with Crippen LogP contribution in [0.15, 0.2) is 18.2 Å². The van der Waals surface area contributed by atoms with Gasteiger partial charge in [-0.3, -0.25) is 0 Å². The van der Waals surface area contributed by atoms with Crippen molar-refractivity contribution >= 4 is 11.4 Å². The van der Waals surface area contributed by atoms with Crippen molar-refractivity contribution in [2.45, 2.75) is 32.7 Å². The topological polar surface area (TPSA) is 29.3 Å². The fourth-order valence-corrected chi connectivity index (χ4v) is 2.55. The molecule has 3 heteroatoms. The molecule has 2 unspecified atom stereocenters. The van der Waals surface area contributed by atoms with E-state index in [1.807, 2.05) is 0 Å². The summed E-state index contributed by atoms with van der Waals surface area (Å²) in [6, 6.07) is 5.16. The van der Waals surface area contributed by atoms with Gasteiger partial charge in [-0.1, -0.05) is 6.92 Å². The van der Waals surface area contributed by atoms with Crippen LogP contribution in [0.25, 0.3) is 0 Å². The third kappa shape index (κ3) is 2.13. The molecule has 1 aromatic rings. The van der Waals surface area contributed by atoms with Gasteiger partial charge in [0.25, 0.3) is 0 Å². The van der Waals surface area contributed by atoms with Gasteiger partial charge in [-0.05, 0) is 43.9 Å². The minimum absolute atomic E-state index is 0.265. The van der Waals surface area contributed by atoms with Gasteiger partial charge in [0.2, 0.25) is 0 Å². The Labute approximate surface area is 96.2 Å². The van der Waals surface area contributed by atoms with Crippen LogP contribution in [0.5, 0.6) is 0 Å². The van der Waals surface area contributed by atoms with E-state index in [-0.39, 0.29) is 5.82 Å². The fraction of sp³-hybridized carbons (Fsp3) is 0.538. The standard InChI is InChI=1S/C13H19FN2/c1-9-5-6-16(10(2)7-9)13-4-3-11(14)8-12(13)15/h3-4,8-10H,5-7,15H2,1-2H3. The van der Waals surface area contributed by atoms with Crippen LogP contribution in [0.1, 0.15) is 26.7 Å². The largest absolute Gasteiger partial charge is 0.397 e. The number of nitrogens with zero attached hydrogens (tertiary/aromatic N) is 1. The highest BCUT2D eigenvalue weighted by Gasteiger charge is 2.24. The number of rotatable bonds is 1. The molecule has 1 aliphatic heterocycles. The molecular formula is C13H19FN2. The third-order valence-electron chi connectivity index (χ3n) is 3.44. The number of nitrogen functional groups attached to an aromatic ring is 1. The second kappa shape index (κ2) is 4.32. The maximum Gasteiger partial charge on any atom is 0.125 e. The van der Waals surface area contributed by atoms with Crippen molar-refractivity contribution in [3.05, 3.63) is 24.0 Å². The quantitative estimate of drug-likeness (QED) is 0.740. The van der Waals surface area contributed by atoms with E-state index in [4.69, 9.17) is 5.73 Å². The van der Waals surface area contributed by atoms with Crippen molar-refractivity contribution in [2.24, 2.45) is 5.92 Å². The summed E-state index contributed by atoms with van der Waals surface area (Å²) in [5.41, 5.74) is 7.38. The Balaban J connectivity index is 2.23. The summed E-state index contributed by atoms with van der Waals surface area (Å²) < 4.78 is 13.0. The first-order valence-electron chi connectivity index (χ1n) is 5.89. The van der Waals surface area contributed by atoms with Crippen LogP contribution < -0.4 is 10.6 Å². The Hall–Kier alpha value is -1.25. The SMILES string of the molecule is CC1CCN(c2ccc(F)cc2N)C(C)C1. The number of hydrogen-bond donors (Lipinski definition) is 1. The zero-order valence-corrected chi connectivity index (χ0v) is 9.91. The Bertz CT molecular complexity index is 378. The van der Waals surface area contributed by atoms with E-state index in [0.29, 0.717) is 11.7 Å². The molecular weight excluding hydrogens is 203 g/mol. The van der Waals surface area contributed by atoms with Crippen molar-refractivity contribution in [3.63, 3.8) is 0 Å². The number of piperidine rings is 1. The molecule has 2 atom stereocenters. The average molecular weight is 222 g/mol. The molecule has 0 amide bonds. The molecule has 1 saturated heterocycles. The van der Waals surface area contributed by atoms with E-state index in [1.54, 1.807) is 6.07 Å². The Kier molecular flexibility index (Phi) is 3.03. The van der Waals surface area contributed by atoms with Gasteiger partial charge in [-0.25, -0.2) is 4.39 Å². The Morgan fingerprint density at radius 1 is 1.38 bits per heavy atom. The van der Waals surface area contributed by atoms with Crippen LogP contribution in [-0.4, -0.2) is 12.6 Å². The summed E-state index contributed by atoms with van der Waals surface area (Å²) in [6.45, 7) is 5.50. The van der Waals surface area contributed by atoms with Crippen molar-refractivity contribution in [2.75, 3.05) is 17.2 Å². The van der Waals surface area contributed by atoms with E-state index in [1.165, 1.54) is 25.0 Å². The van der Waals surface area contributed by atoms with Gasteiger partial charge in [-0.15, -0.1) is 0 Å². The van der Waals surface area contributed by atoms with Crippen molar-refractivity contribution in [3.8, 4) is 0 Å². The van der Waals surface area contributed by atoms with E-state index in [0.717, 1.165) is 18.2 Å².